The Morgan fingerprint density at radius 3 is 2.06 bits per heavy atom. The lowest BCUT2D eigenvalue weighted by Gasteiger charge is -2.31. The van der Waals surface area contributed by atoms with Crippen molar-refractivity contribution in [1.29, 1.82) is 0 Å². The molecule has 16 heavy (non-hydrogen) atoms. The molecule has 0 spiro atoms. The minimum Gasteiger partial charge on any atom is -0.393 e. The first-order valence-electron chi connectivity index (χ1n) is 4.90. The summed E-state index contributed by atoms with van der Waals surface area (Å²) in [5, 5.41) is 0. The topological polar surface area (TPSA) is 71.1 Å². The lowest BCUT2D eigenvalue weighted by molar-refractivity contribution is -0.153. The average molecular weight is 248 g/mol. The third kappa shape index (κ3) is 2.17. The molecule has 0 aliphatic carbocycles. The maximum Gasteiger partial charge on any atom is 0.504 e. The quantitative estimate of drug-likeness (QED) is 0.397. The molecule has 1 rings (SSSR count). The summed E-state index contributed by atoms with van der Waals surface area (Å²) < 4.78 is 20.3. The minimum absolute atomic E-state index is 0.0603. The van der Waals surface area contributed by atoms with Gasteiger partial charge in [0.1, 0.15) is 0 Å². The molecular weight excluding hydrogens is 232 g/mol. The van der Waals surface area contributed by atoms with Crippen LogP contribution in [0.15, 0.2) is 0 Å². The zero-order chi connectivity index (χ0) is 12.3. The molecule has 0 aromatic heterocycles. The van der Waals surface area contributed by atoms with E-state index in [1.807, 2.05) is 0 Å². The van der Waals surface area contributed by atoms with E-state index in [9.17, 15) is 9.59 Å². The van der Waals surface area contributed by atoms with Crippen molar-refractivity contribution >= 4 is 20.7 Å². The van der Waals surface area contributed by atoms with Gasteiger partial charge in [0.15, 0.2) is 0 Å². The number of cyclic esters (lactones) is 2. The summed E-state index contributed by atoms with van der Waals surface area (Å²) in [6, 6.07) is 0. The van der Waals surface area contributed by atoms with Gasteiger partial charge in [-0.25, -0.2) is 0 Å². The van der Waals surface area contributed by atoms with Crippen LogP contribution in [0, 0.1) is 5.92 Å². The van der Waals surface area contributed by atoms with E-state index in [0.29, 0.717) is 0 Å². The second kappa shape index (κ2) is 5.04. The van der Waals surface area contributed by atoms with Gasteiger partial charge in [-0.3, -0.25) is 9.59 Å². The lowest BCUT2D eigenvalue weighted by atomic mass is 10.1. The Kier molecular flexibility index (Phi) is 4.19. The Morgan fingerprint density at radius 2 is 1.75 bits per heavy atom. The molecule has 1 fully saturated rings. The van der Waals surface area contributed by atoms with Crippen molar-refractivity contribution in [3.63, 3.8) is 0 Å². The highest BCUT2D eigenvalue weighted by molar-refractivity contribution is 6.62. The molecule has 1 heterocycles. The normalized spacial score (nSPS) is 23.4. The molecule has 6 nitrogen and oxygen atoms in total. The maximum absolute atomic E-state index is 11.4. The van der Waals surface area contributed by atoms with Crippen LogP contribution in [0.3, 0.4) is 0 Å². The summed E-state index contributed by atoms with van der Waals surface area (Å²) in [5.41, 5.74) is -0.313. The van der Waals surface area contributed by atoms with Crippen LogP contribution in [-0.2, 0) is 27.6 Å². The van der Waals surface area contributed by atoms with Gasteiger partial charge < -0.3 is 18.0 Å². The van der Waals surface area contributed by atoms with E-state index in [0.717, 1.165) is 0 Å². The average Bonchev–Trinajstić information content (AvgIpc) is 2.61. The van der Waals surface area contributed by atoms with Crippen LogP contribution in [0.1, 0.15) is 13.3 Å². The van der Waals surface area contributed by atoms with Gasteiger partial charge >= 0.3 is 20.7 Å². The smallest absolute Gasteiger partial charge is 0.393 e. The monoisotopic (exact) mass is 248 g/mol. The van der Waals surface area contributed by atoms with Gasteiger partial charge in [0, 0.05) is 26.9 Å². The Morgan fingerprint density at radius 1 is 1.25 bits per heavy atom. The number of esters is 2. The maximum atomic E-state index is 11.4. The largest absolute Gasteiger partial charge is 0.504 e. The fourth-order valence-corrected chi connectivity index (χ4v) is 4.29. The summed E-state index contributed by atoms with van der Waals surface area (Å²) >= 11 is 0. The zero-order valence-corrected chi connectivity index (χ0v) is 10.8. The molecule has 0 radical (unpaired) electrons. The van der Waals surface area contributed by atoms with Gasteiger partial charge in [-0.1, -0.05) is 6.92 Å². The number of hydrogen-bond donors (Lipinski definition) is 0. The SMILES string of the molecule is CO[Si](OC)(OC)C(C)C1CC(=O)OC1=O. The molecule has 2 unspecified atom stereocenters. The van der Waals surface area contributed by atoms with Crippen molar-refractivity contribution < 1.29 is 27.6 Å². The summed E-state index contributed by atoms with van der Waals surface area (Å²) in [7, 11) is 1.50. The Bertz CT molecular complexity index is 279. The highest BCUT2D eigenvalue weighted by atomic mass is 28.4. The predicted octanol–water partition coefficient (Wildman–Crippen LogP) is 0.344. The number of carbonyl (C=O) groups is 2. The van der Waals surface area contributed by atoms with Gasteiger partial charge in [-0.05, 0) is 0 Å². The summed E-state index contributed by atoms with van der Waals surface area (Å²) in [5.74, 6) is -1.58. The first-order chi connectivity index (χ1) is 7.50. The van der Waals surface area contributed by atoms with E-state index in [4.69, 9.17) is 13.3 Å². The molecule has 92 valence electrons. The van der Waals surface area contributed by atoms with E-state index in [1.165, 1.54) is 21.3 Å². The molecule has 2 atom stereocenters. The Balaban J connectivity index is 2.86. The van der Waals surface area contributed by atoms with E-state index < -0.39 is 26.7 Å². The molecule has 1 saturated heterocycles. The Hall–Kier alpha value is -0.763. The fourth-order valence-electron chi connectivity index (χ4n) is 1.93. The molecule has 0 bridgehead atoms. The molecule has 1 aliphatic rings. The third-order valence-corrected chi connectivity index (χ3v) is 6.14. The predicted molar refractivity (Wildman–Crippen MR) is 55.4 cm³/mol. The van der Waals surface area contributed by atoms with Crippen molar-refractivity contribution in [3.05, 3.63) is 0 Å². The van der Waals surface area contributed by atoms with Crippen LogP contribution >= 0.6 is 0 Å². The number of ether oxygens (including phenoxy) is 1. The van der Waals surface area contributed by atoms with Crippen LogP contribution in [0.5, 0.6) is 0 Å². The van der Waals surface area contributed by atoms with E-state index in [2.05, 4.69) is 4.74 Å². The van der Waals surface area contributed by atoms with Gasteiger partial charge in [0.05, 0.1) is 12.3 Å². The van der Waals surface area contributed by atoms with Crippen molar-refractivity contribution in [2.45, 2.75) is 18.9 Å². The molecule has 0 amide bonds. The van der Waals surface area contributed by atoms with E-state index in [1.54, 1.807) is 6.92 Å². The molecule has 1 aliphatic heterocycles. The molecule has 0 N–H and O–H groups in total. The number of hydrogen-bond acceptors (Lipinski definition) is 6. The van der Waals surface area contributed by atoms with Crippen molar-refractivity contribution in [2.24, 2.45) is 5.92 Å². The first-order valence-corrected chi connectivity index (χ1v) is 6.71. The van der Waals surface area contributed by atoms with Gasteiger partial charge in [0.2, 0.25) is 0 Å². The van der Waals surface area contributed by atoms with E-state index >= 15 is 0 Å². The molecular formula is C9H16O6Si. The van der Waals surface area contributed by atoms with E-state index in [-0.39, 0.29) is 12.0 Å². The summed E-state index contributed by atoms with van der Waals surface area (Å²) in [6.07, 6.45) is 0.0603. The standard InChI is InChI=1S/C9H16O6Si/c1-6(16(12-2,13-3)14-4)7-5-8(10)15-9(7)11/h6-7H,5H2,1-4H3. The molecule has 0 aromatic carbocycles. The van der Waals surface area contributed by atoms with Crippen LogP contribution in [0.2, 0.25) is 5.54 Å². The van der Waals surface area contributed by atoms with Crippen LogP contribution in [-0.4, -0.2) is 42.1 Å². The van der Waals surface area contributed by atoms with Crippen LogP contribution < -0.4 is 0 Å². The summed E-state index contributed by atoms with van der Waals surface area (Å²) in [6.45, 7) is 1.77. The van der Waals surface area contributed by atoms with Crippen molar-refractivity contribution in [2.75, 3.05) is 21.3 Å². The first kappa shape index (κ1) is 13.3. The zero-order valence-electron chi connectivity index (χ0n) is 9.81. The van der Waals surface area contributed by atoms with Crippen molar-refractivity contribution in [1.82, 2.24) is 0 Å². The van der Waals surface area contributed by atoms with Crippen LogP contribution in [0.25, 0.3) is 0 Å². The highest BCUT2D eigenvalue weighted by Gasteiger charge is 2.53. The fraction of sp³-hybridized carbons (Fsp3) is 0.778. The van der Waals surface area contributed by atoms with Crippen molar-refractivity contribution in [3.8, 4) is 0 Å². The lowest BCUT2D eigenvalue weighted by Crippen LogP contribution is -2.49. The second-order valence-corrected chi connectivity index (χ2v) is 6.95. The second-order valence-electron chi connectivity index (χ2n) is 3.61. The minimum atomic E-state index is -2.91. The molecule has 0 aromatic rings. The third-order valence-electron chi connectivity index (χ3n) is 2.92. The Labute approximate surface area is 95.2 Å². The van der Waals surface area contributed by atoms with Gasteiger partial charge in [0.25, 0.3) is 0 Å². The number of rotatable bonds is 5. The van der Waals surface area contributed by atoms with Crippen LogP contribution in [0.4, 0.5) is 0 Å². The molecule has 0 saturated carbocycles. The highest BCUT2D eigenvalue weighted by Crippen LogP contribution is 2.36. The van der Waals surface area contributed by atoms with Gasteiger partial charge in [-0.2, -0.15) is 0 Å². The number of carbonyl (C=O) groups excluding carboxylic acids is 2. The van der Waals surface area contributed by atoms with Gasteiger partial charge in [-0.15, -0.1) is 0 Å². The molecule has 7 heteroatoms. The summed E-state index contributed by atoms with van der Waals surface area (Å²) in [4.78, 5) is 22.4.